The standard InChI is InChI=1S/C6H12BrN/c1-6(8)4-2-3-5-7/h2-3,6H,4-5,8H2,1H3/b3-2+/t6-/m0/s1. The average molecular weight is 178 g/mol. The number of alkyl halides is 1. The Hall–Kier alpha value is 0.180. The SMILES string of the molecule is C[C@H](N)C/C=C/CBr. The van der Waals surface area contributed by atoms with Gasteiger partial charge < -0.3 is 5.73 Å². The first kappa shape index (κ1) is 8.18. The van der Waals surface area contributed by atoms with Crippen LogP contribution in [0.2, 0.25) is 0 Å². The van der Waals surface area contributed by atoms with Crippen molar-refractivity contribution in [1.82, 2.24) is 0 Å². The first-order valence-corrected chi connectivity index (χ1v) is 3.86. The van der Waals surface area contributed by atoms with Crippen LogP contribution in [0.3, 0.4) is 0 Å². The lowest BCUT2D eigenvalue weighted by atomic mass is 10.2. The Balaban J connectivity index is 3.03. The highest BCUT2D eigenvalue weighted by Gasteiger charge is 1.84. The van der Waals surface area contributed by atoms with Gasteiger partial charge in [0.15, 0.2) is 0 Å². The molecule has 2 heteroatoms. The van der Waals surface area contributed by atoms with Crippen LogP contribution >= 0.6 is 15.9 Å². The molecule has 0 rings (SSSR count). The van der Waals surface area contributed by atoms with Crippen molar-refractivity contribution < 1.29 is 0 Å². The summed E-state index contributed by atoms with van der Waals surface area (Å²) in [7, 11) is 0. The van der Waals surface area contributed by atoms with Crippen molar-refractivity contribution in [2.24, 2.45) is 5.73 Å². The van der Waals surface area contributed by atoms with Gasteiger partial charge in [0, 0.05) is 11.4 Å². The Morgan fingerprint density at radius 1 is 1.62 bits per heavy atom. The largest absolute Gasteiger partial charge is 0.328 e. The van der Waals surface area contributed by atoms with Crippen molar-refractivity contribution in [2.75, 3.05) is 5.33 Å². The summed E-state index contributed by atoms with van der Waals surface area (Å²) in [5.74, 6) is 0. The Morgan fingerprint density at radius 3 is 2.62 bits per heavy atom. The molecule has 0 heterocycles. The summed E-state index contributed by atoms with van der Waals surface area (Å²) in [6.45, 7) is 2.00. The number of hydrogen-bond acceptors (Lipinski definition) is 1. The van der Waals surface area contributed by atoms with Gasteiger partial charge in [-0.1, -0.05) is 28.1 Å². The van der Waals surface area contributed by atoms with E-state index in [1.54, 1.807) is 0 Å². The summed E-state index contributed by atoms with van der Waals surface area (Å²) < 4.78 is 0. The summed E-state index contributed by atoms with van der Waals surface area (Å²) in [4.78, 5) is 0. The van der Waals surface area contributed by atoms with Crippen molar-refractivity contribution in [1.29, 1.82) is 0 Å². The number of halogens is 1. The second-order valence-corrected chi connectivity index (χ2v) is 2.49. The van der Waals surface area contributed by atoms with Crippen LogP contribution in [0.15, 0.2) is 12.2 Å². The molecule has 0 aromatic carbocycles. The molecule has 0 amide bonds. The topological polar surface area (TPSA) is 26.0 Å². The predicted molar refractivity (Wildman–Crippen MR) is 41.2 cm³/mol. The van der Waals surface area contributed by atoms with Gasteiger partial charge in [-0.25, -0.2) is 0 Å². The van der Waals surface area contributed by atoms with E-state index in [0.717, 1.165) is 11.8 Å². The lowest BCUT2D eigenvalue weighted by molar-refractivity contribution is 0.757. The van der Waals surface area contributed by atoms with Gasteiger partial charge in [0.2, 0.25) is 0 Å². The van der Waals surface area contributed by atoms with Gasteiger partial charge in [-0.3, -0.25) is 0 Å². The average Bonchev–Trinajstić information content (AvgIpc) is 1.66. The molecule has 48 valence electrons. The Labute approximate surface area is 59.1 Å². The smallest absolute Gasteiger partial charge is 0.0212 e. The fourth-order valence-corrected chi connectivity index (χ4v) is 0.638. The van der Waals surface area contributed by atoms with Crippen LogP contribution in [0.1, 0.15) is 13.3 Å². The van der Waals surface area contributed by atoms with Gasteiger partial charge in [0.05, 0.1) is 0 Å². The van der Waals surface area contributed by atoms with Crippen molar-refractivity contribution in [2.45, 2.75) is 19.4 Å². The molecule has 0 aliphatic heterocycles. The van der Waals surface area contributed by atoms with E-state index in [4.69, 9.17) is 5.73 Å². The molecule has 0 radical (unpaired) electrons. The van der Waals surface area contributed by atoms with Crippen molar-refractivity contribution in [3.8, 4) is 0 Å². The van der Waals surface area contributed by atoms with Crippen LogP contribution in [0.5, 0.6) is 0 Å². The van der Waals surface area contributed by atoms with Crippen molar-refractivity contribution in [3.63, 3.8) is 0 Å². The second-order valence-electron chi connectivity index (χ2n) is 1.84. The van der Waals surface area contributed by atoms with Gasteiger partial charge >= 0.3 is 0 Å². The van der Waals surface area contributed by atoms with Crippen LogP contribution < -0.4 is 5.73 Å². The third kappa shape index (κ3) is 6.18. The molecule has 1 nitrogen and oxygen atoms in total. The van der Waals surface area contributed by atoms with E-state index in [-0.39, 0.29) is 0 Å². The summed E-state index contributed by atoms with van der Waals surface area (Å²) in [5, 5.41) is 0.930. The molecule has 2 N–H and O–H groups in total. The quantitative estimate of drug-likeness (QED) is 0.516. The third-order valence-corrected chi connectivity index (χ3v) is 1.14. The van der Waals surface area contributed by atoms with Crippen molar-refractivity contribution in [3.05, 3.63) is 12.2 Å². The lowest BCUT2D eigenvalue weighted by Crippen LogP contribution is -2.12. The van der Waals surface area contributed by atoms with Gasteiger partial charge in [-0.05, 0) is 13.3 Å². The minimum Gasteiger partial charge on any atom is -0.328 e. The summed E-state index contributed by atoms with van der Waals surface area (Å²) in [5.41, 5.74) is 5.47. The van der Waals surface area contributed by atoms with Gasteiger partial charge in [0.1, 0.15) is 0 Å². The van der Waals surface area contributed by atoms with Crippen molar-refractivity contribution >= 4 is 15.9 Å². The van der Waals surface area contributed by atoms with E-state index in [0.29, 0.717) is 6.04 Å². The van der Waals surface area contributed by atoms with E-state index in [1.165, 1.54) is 0 Å². The molecule has 0 aliphatic carbocycles. The number of hydrogen-bond donors (Lipinski definition) is 1. The highest BCUT2D eigenvalue weighted by molar-refractivity contribution is 9.09. The van der Waals surface area contributed by atoms with E-state index in [2.05, 4.69) is 28.1 Å². The third-order valence-electron chi connectivity index (χ3n) is 0.764. The second kappa shape index (κ2) is 5.32. The molecule has 0 aliphatic rings. The van der Waals surface area contributed by atoms with Crippen LogP contribution in [-0.2, 0) is 0 Å². The van der Waals surface area contributed by atoms with Crippen LogP contribution in [0.4, 0.5) is 0 Å². The number of nitrogens with two attached hydrogens (primary N) is 1. The summed E-state index contributed by atoms with van der Waals surface area (Å²) in [6, 6.07) is 0.297. The lowest BCUT2D eigenvalue weighted by Gasteiger charge is -1.95. The summed E-state index contributed by atoms with van der Waals surface area (Å²) >= 11 is 3.27. The van der Waals surface area contributed by atoms with E-state index in [9.17, 15) is 0 Å². The van der Waals surface area contributed by atoms with Gasteiger partial charge in [-0.2, -0.15) is 0 Å². The minimum absolute atomic E-state index is 0.297. The Bertz CT molecular complexity index is 68.9. The molecule has 0 aromatic rings. The molecule has 0 spiro atoms. The highest BCUT2D eigenvalue weighted by atomic mass is 79.9. The zero-order valence-electron chi connectivity index (χ0n) is 5.10. The molecule has 0 saturated heterocycles. The van der Waals surface area contributed by atoms with E-state index in [1.807, 2.05) is 6.92 Å². The molecular weight excluding hydrogens is 166 g/mol. The van der Waals surface area contributed by atoms with Crippen LogP contribution in [-0.4, -0.2) is 11.4 Å². The van der Waals surface area contributed by atoms with Gasteiger partial charge in [0.25, 0.3) is 0 Å². The molecule has 1 atom stereocenters. The van der Waals surface area contributed by atoms with E-state index < -0.39 is 0 Å². The normalized spacial score (nSPS) is 14.9. The van der Waals surface area contributed by atoms with Gasteiger partial charge in [-0.15, -0.1) is 0 Å². The number of allylic oxidation sites excluding steroid dienone is 1. The minimum atomic E-state index is 0.297. The monoisotopic (exact) mass is 177 g/mol. The van der Waals surface area contributed by atoms with E-state index >= 15 is 0 Å². The predicted octanol–water partition coefficient (Wildman–Crippen LogP) is 1.67. The molecular formula is C6H12BrN. The molecule has 0 unspecified atom stereocenters. The fourth-order valence-electron chi connectivity index (χ4n) is 0.374. The first-order chi connectivity index (χ1) is 3.77. The zero-order chi connectivity index (χ0) is 6.41. The maximum Gasteiger partial charge on any atom is 0.0212 e. The Morgan fingerprint density at radius 2 is 2.25 bits per heavy atom. The maximum atomic E-state index is 5.47. The van der Waals surface area contributed by atoms with Crippen LogP contribution in [0, 0.1) is 0 Å². The molecule has 0 fully saturated rings. The maximum absolute atomic E-state index is 5.47. The molecule has 0 saturated carbocycles. The Kier molecular flexibility index (Phi) is 5.44. The van der Waals surface area contributed by atoms with Crippen LogP contribution in [0.25, 0.3) is 0 Å². The highest BCUT2D eigenvalue weighted by Crippen LogP contribution is 1.89. The molecule has 8 heavy (non-hydrogen) atoms. The summed E-state index contributed by atoms with van der Waals surface area (Å²) in [6.07, 6.45) is 5.12. The first-order valence-electron chi connectivity index (χ1n) is 2.74. The molecule has 0 aromatic heterocycles. The fraction of sp³-hybridized carbons (Fsp3) is 0.667. The zero-order valence-corrected chi connectivity index (χ0v) is 6.69. The number of rotatable bonds is 3. The molecule has 0 bridgehead atoms.